The molecule has 0 radical (unpaired) electrons. The molecule has 1 amide bonds. The second-order valence-corrected chi connectivity index (χ2v) is 8.45. The summed E-state index contributed by atoms with van der Waals surface area (Å²) in [4.78, 5) is 12.5. The molecule has 1 aliphatic rings. The molecule has 1 heterocycles. The molecule has 7 nitrogen and oxygen atoms in total. The van der Waals surface area contributed by atoms with Gasteiger partial charge in [0.25, 0.3) is 5.91 Å². The number of sulfonamides is 1. The van der Waals surface area contributed by atoms with Gasteiger partial charge in [0.05, 0.1) is 18.5 Å². The van der Waals surface area contributed by atoms with Gasteiger partial charge in [0.1, 0.15) is 12.7 Å². The van der Waals surface area contributed by atoms with Crippen molar-refractivity contribution >= 4 is 21.6 Å². The number of ether oxygens (including phenoxy) is 2. The van der Waals surface area contributed by atoms with Crippen LogP contribution in [0.25, 0.3) is 0 Å². The van der Waals surface area contributed by atoms with E-state index in [1.54, 1.807) is 25.1 Å². The number of hydrogen-bond acceptors (Lipinski definition) is 5. The minimum atomic E-state index is -3.41. The highest BCUT2D eigenvalue weighted by Crippen LogP contribution is 2.30. The largest absolute Gasteiger partial charge is 0.486 e. The van der Waals surface area contributed by atoms with Crippen LogP contribution in [0.15, 0.2) is 42.5 Å². The zero-order valence-electron chi connectivity index (χ0n) is 15.4. The van der Waals surface area contributed by atoms with E-state index in [1.165, 1.54) is 7.05 Å². The Morgan fingerprint density at radius 1 is 1.22 bits per heavy atom. The average molecular weight is 390 g/mol. The third-order valence-corrected chi connectivity index (χ3v) is 5.56. The van der Waals surface area contributed by atoms with Gasteiger partial charge < -0.3 is 14.8 Å². The zero-order valence-corrected chi connectivity index (χ0v) is 16.2. The van der Waals surface area contributed by atoms with Gasteiger partial charge in [0.15, 0.2) is 11.5 Å². The first kappa shape index (κ1) is 19.0. The molecule has 8 heteroatoms. The maximum atomic E-state index is 12.5. The SMILES string of the molecule is Cc1ccc(C(=O)NC[C@@H]2COc3ccccc3O2)cc1N(C)S(C)(=O)=O. The van der Waals surface area contributed by atoms with Crippen molar-refractivity contribution in [2.75, 3.05) is 30.8 Å². The molecule has 27 heavy (non-hydrogen) atoms. The van der Waals surface area contributed by atoms with Crippen molar-refractivity contribution in [1.29, 1.82) is 0 Å². The van der Waals surface area contributed by atoms with E-state index < -0.39 is 10.0 Å². The minimum Gasteiger partial charge on any atom is -0.486 e. The summed E-state index contributed by atoms with van der Waals surface area (Å²) in [7, 11) is -1.95. The topological polar surface area (TPSA) is 84.9 Å². The van der Waals surface area contributed by atoms with Crippen molar-refractivity contribution in [3.63, 3.8) is 0 Å². The van der Waals surface area contributed by atoms with E-state index in [9.17, 15) is 13.2 Å². The fraction of sp³-hybridized carbons (Fsp3) is 0.316. The molecule has 3 rings (SSSR count). The van der Waals surface area contributed by atoms with Crippen LogP contribution in [0.3, 0.4) is 0 Å². The second kappa shape index (κ2) is 7.48. The number of rotatable bonds is 5. The third-order valence-electron chi connectivity index (χ3n) is 4.37. The second-order valence-electron chi connectivity index (χ2n) is 6.44. The van der Waals surface area contributed by atoms with Gasteiger partial charge in [-0.05, 0) is 36.8 Å². The molecule has 2 aromatic carbocycles. The Bertz CT molecular complexity index is 958. The van der Waals surface area contributed by atoms with Crippen LogP contribution in [-0.2, 0) is 10.0 Å². The number of fused-ring (bicyclic) bond motifs is 1. The molecule has 0 spiro atoms. The minimum absolute atomic E-state index is 0.276. The Balaban J connectivity index is 1.67. The molecule has 1 atom stereocenters. The van der Waals surface area contributed by atoms with Crippen molar-refractivity contribution in [2.45, 2.75) is 13.0 Å². The molecule has 0 saturated carbocycles. The van der Waals surface area contributed by atoms with Crippen LogP contribution < -0.4 is 19.1 Å². The fourth-order valence-electron chi connectivity index (χ4n) is 2.74. The predicted molar refractivity (Wildman–Crippen MR) is 103 cm³/mol. The number of anilines is 1. The monoisotopic (exact) mass is 390 g/mol. The van der Waals surface area contributed by atoms with Crippen molar-refractivity contribution in [3.8, 4) is 11.5 Å². The fourth-order valence-corrected chi connectivity index (χ4v) is 3.29. The first-order valence-electron chi connectivity index (χ1n) is 8.47. The Hall–Kier alpha value is -2.74. The van der Waals surface area contributed by atoms with Gasteiger partial charge in [-0.25, -0.2) is 8.42 Å². The first-order chi connectivity index (χ1) is 12.8. The van der Waals surface area contributed by atoms with Crippen molar-refractivity contribution in [1.82, 2.24) is 5.32 Å². The standard InChI is InChI=1S/C19H22N2O5S/c1-13-8-9-14(10-16(13)21(2)27(3,23)24)19(22)20-11-15-12-25-17-6-4-5-7-18(17)26-15/h4-10,15H,11-12H2,1-3H3,(H,20,22)/t15-/m1/s1. The van der Waals surface area contributed by atoms with Crippen LogP contribution >= 0.6 is 0 Å². The van der Waals surface area contributed by atoms with E-state index in [4.69, 9.17) is 9.47 Å². The molecule has 0 fully saturated rings. The zero-order chi connectivity index (χ0) is 19.6. The summed E-state index contributed by atoms with van der Waals surface area (Å²) in [5.74, 6) is 1.03. The van der Waals surface area contributed by atoms with Gasteiger partial charge in [-0.15, -0.1) is 0 Å². The highest BCUT2D eigenvalue weighted by molar-refractivity contribution is 7.92. The van der Waals surface area contributed by atoms with Crippen molar-refractivity contribution < 1.29 is 22.7 Å². The lowest BCUT2D eigenvalue weighted by molar-refractivity contribution is 0.0789. The number of carbonyl (C=O) groups excluding carboxylic acids is 1. The molecule has 0 aromatic heterocycles. The molecule has 1 aliphatic heterocycles. The lowest BCUT2D eigenvalue weighted by Crippen LogP contribution is -2.40. The number of amides is 1. The summed E-state index contributed by atoms with van der Waals surface area (Å²) in [6.45, 7) is 2.41. The molecule has 0 aliphatic carbocycles. The van der Waals surface area contributed by atoms with E-state index in [2.05, 4.69) is 5.32 Å². The number of hydrogen-bond donors (Lipinski definition) is 1. The maximum Gasteiger partial charge on any atom is 0.251 e. The Labute approximate surface area is 158 Å². The summed E-state index contributed by atoms with van der Waals surface area (Å²) >= 11 is 0. The quantitative estimate of drug-likeness (QED) is 0.844. The molecule has 0 unspecified atom stereocenters. The molecular weight excluding hydrogens is 368 g/mol. The lowest BCUT2D eigenvalue weighted by atomic mass is 10.1. The first-order valence-corrected chi connectivity index (χ1v) is 10.3. The summed E-state index contributed by atoms with van der Waals surface area (Å²) in [6, 6.07) is 12.3. The van der Waals surface area contributed by atoms with Gasteiger partial charge in [0.2, 0.25) is 10.0 Å². The lowest BCUT2D eigenvalue weighted by Gasteiger charge is -2.26. The Morgan fingerprint density at radius 2 is 1.93 bits per heavy atom. The number of nitrogens with one attached hydrogen (secondary N) is 1. The molecule has 144 valence electrons. The molecule has 2 aromatic rings. The maximum absolute atomic E-state index is 12.5. The van der Waals surface area contributed by atoms with Crippen LogP contribution in [-0.4, -0.2) is 46.9 Å². The summed E-state index contributed by atoms with van der Waals surface area (Å²) in [5.41, 5.74) is 1.61. The van der Waals surface area contributed by atoms with Crippen LogP contribution in [0.2, 0.25) is 0 Å². The number of benzene rings is 2. The Kier molecular flexibility index (Phi) is 5.27. The van der Waals surface area contributed by atoms with E-state index in [0.29, 0.717) is 29.4 Å². The van der Waals surface area contributed by atoms with Gasteiger partial charge in [-0.3, -0.25) is 9.10 Å². The van der Waals surface area contributed by atoms with Gasteiger partial charge >= 0.3 is 0 Å². The molecule has 1 N–H and O–H groups in total. The number of aryl methyl sites for hydroxylation is 1. The van der Waals surface area contributed by atoms with Crippen LogP contribution in [0.4, 0.5) is 5.69 Å². The normalized spacial score (nSPS) is 15.9. The average Bonchev–Trinajstić information content (AvgIpc) is 2.65. The van der Waals surface area contributed by atoms with Crippen molar-refractivity contribution in [2.24, 2.45) is 0 Å². The molecule has 0 saturated heterocycles. The Morgan fingerprint density at radius 3 is 2.63 bits per heavy atom. The van der Waals surface area contributed by atoms with E-state index in [0.717, 1.165) is 16.1 Å². The summed E-state index contributed by atoms with van der Waals surface area (Å²) in [6.07, 6.45) is 0.824. The van der Waals surface area contributed by atoms with Crippen LogP contribution in [0, 0.1) is 6.92 Å². The summed E-state index contributed by atoms with van der Waals surface area (Å²) < 4.78 is 36.2. The third kappa shape index (κ3) is 4.33. The predicted octanol–water partition coefficient (Wildman–Crippen LogP) is 1.96. The molecular formula is C19H22N2O5S. The van der Waals surface area contributed by atoms with E-state index in [1.807, 2.05) is 24.3 Å². The molecule has 0 bridgehead atoms. The van der Waals surface area contributed by atoms with Gasteiger partial charge in [-0.2, -0.15) is 0 Å². The van der Waals surface area contributed by atoms with E-state index in [-0.39, 0.29) is 18.6 Å². The highest BCUT2D eigenvalue weighted by Gasteiger charge is 2.22. The smallest absolute Gasteiger partial charge is 0.251 e. The van der Waals surface area contributed by atoms with E-state index >= 15 is 0 Å². The number of carbonyl (C=O) groups is 1. The van der Waals surface area contributed by atoms with Crippen LogP contribution in [0.1, 0.15) is 15.9 Å². The number of nitrogens with zero attached hydrogens (tertiary/aromatic N) is 1. The van der Waals surface area contributed by atoms with Crippen molar-refractivity contribution in [3.05, 3.63) is 53.6 Å². The van der Waals surface area contributed by atoms with Gasteiger partial charge in [0, 0.05) is 12.6 Å². The highest BCUT2D eigenvalue weighted by atomic mass is 32.2. The number of para-hydroxylation sites is 2. The van der Waals surface area contributed by atoms with Crippen LogP contribution in [0.5, 0.6) is 11.5 Å². The summed E-state index contributed by atoms with van der Waals surface area (Å²) in [5, 5.41) is 2.81. The van der Waals surface area contributed by atoms with Gasteiger partial charge in [-0.1, -0.05) is 18.2 Å².